The summed E-state index contributed by atoms with van der Waals surface area (Å²) in [5, 5.41) is 0. The SMILES string of the molecule is COc1cccc(C(C)N)c1I. The minimum Gasteiger partial charge on any atom is -0.496 e. The van der Waals surface area contributed by atoms with Crippen LogP contribution >= 0.6 is 22.6 Å². The highest BCUT2D eigenvalue weighted by Gasteiger charge is 2.08. The van der Waals surface area contributed by atoms with Gasteiger partial charge in [-0.3, -0.25) is 0 Å². The van der Waals surface area contributed by atoms with Crippen molar-refractivity contribution in [1.29, 1.82) is 0 Å². The predicted octanol–water partition coefficient (Wildman–Crippen LogP) is 2.32. The fourth-order valence-corrected chi connectivity index (χ4v) is 2.11. The van der Waals surface area contributed by atoms with Crippen molar-refractivity contribution in [3.05, 3.63) is 27.3 Å². The van der Waals surface area contributed by atoms with Crippen LogP contribution in [0.1, 0.15) is 18.5 Å². The third-order valence-electron chi connectivity index (χ3n) is 1.70. The molecule has 0 fully saturated rings. The molecule has 0 saturated heterocycles. The number of ether oxygens (including phenoxy) is 1. The molecule has 1 rings (SSSR count). The molecule has 3 heteroatoms. The third kappa shape index (κ3) is 1.90. The van der Waals surface area contributed by atoms with Gasteiger partial charge >= 0.3 is 0 Å². The molecule has 2 N–H and O–H groups in total. The van der Waals surface area contributed by atoms with Gasteiger partial charge in [0.05, 0.1) is 10.7 Å². The van der Waals surface area contributed by atoms with Crippen molar-refractivity contribution in [2.45, 2.75) is 13.0 Å². The summed E-state index contributed by atoms with van der Waals surface area (Å²) in [6, 6.07) is 5.98. The van der Waals surface area contributed by atoms with Gasteiger partial charge in [0.15, 0.2) is 0 Å². The Labute approximate surface area is 86.2 Å². The highest BCUT2D eigenvalue weighted by Crippen LogP contribution is 2.26. The number of benzene rings is 1. The van der Waals surface area contributed by atoms with E-state index in [-0.39, 0.29) is 6.04 Å². The fraction of sp³-hybridized carbons (Fsp3) is 0.333. The molecular weight excluding hydrogens is 265 g/mol. The van der Waals surface area contributed by atoms with Crippen molar-refractivity contribution >= 4 is 22.6 Å². The second kappa shape index (κ2) is 4.09. The Hall–Kier alpha value is -0.290. The van der Waals surface area contributed by atoms with Crippen LogP contribution in [-0.2, 0) is 0 Å². The summed E-state index contributed by atoms with van der Waals surface area (Å²) in [5.41, 5.74) is 6.91. The van der Waals surface area contributed by atoms with Crippen LogP contribution in [0.25, 0.3) is 0 Å². The van der Waals surface area contributed by atoms with Gasteiger partial charge in [-0.25, -0.2) is 0 Å². The molecular formula is C9H12INO. The van der Waals surface area contributed by atoms with Crippen LogP contribution < -0.4 is 10.5 Å². The zero-order valence-corrected chi connectivity index (χ0v) is 9.33. The maximum absolute atomic E-state index is 5.78. The van der Waals surface area contributed by atoms with Crippen LogP contribution in [0.2, 0.25) is 0 Å². The van der Waals surface area contributed by atoms with Crippen LogP contribution in [0.4, 0.5) is 0 Å². The van der Waals surface area contributed by atoms with Crippen molar-refractivity contribution in [3.63, 3.8) is 0 Å². The number of hydrogen-bond acceptors (Lipinski definition) is 2. The molecule has 0 spiro atoms. The Morgan fingerprint density at radius 3 is 2.67 bits per heavy atom. The van der Waals surface area contributed by atoms with E-state index in [0.29, 0.717) is 0 Å². The molecule has 66 valence electrons. The van der Waals surface area contributed by atoms with E-state index < -0.39 is 0 Å². The molecule has 0 aromatic heterocycles. The molecule has 0 aliphatic heterocycles. The predicted molar refractivity (Wildman–Crippen MR) is 58.3 cm³/mol. The van der Waals surface area contributed by atoms with E-state index in [1.807, 2.05) is 25.1 Å². The van der Waals surface area contributed by atoms with Crippen LogP contribution in [-0.4, -0.2) is 7.11 Å². The largest absolute Gasteiger partial charge is 0.496 e. The number of hydrogen-bond donors (Lipinski definition) is 1. The van der Waals surface area contributed by atoms with Gasteiger partial charge in [0.2, 0.25) is 0 Å². The normalized spacial score (nSPS) is 12.7. The molecule has 1 aromatic carbocycles. The van der Waals surface area contributed by atoms with E-state index in [1.165, 1.54) is 0 Å². The molecule has 1 aromatic rings. The summed E-state index contributed by atoms with van der Waals surface area (Å²) < 4.78 is 6.28. The van der Waals surface area contributed by atoms with E-state index in [9.17, 15) is 0 Å². The zero-order chi connectivity index (χ0) is 9.14. The topological polar surface area (TPSA) is 35.2 Å². The Balaban J connectivity index is 3.14. The van der Waals surface area contributed by atoms with Crippen LogP contribution in [0, 0.1) is 3.57 Å². The van der Waals surface area contributed by atoms with Crippen LogP contribution in [0.15, 0.2) is 18.2 Å². The molecule has 0 bridgehead atoms. The minimum atomic E-state index is 0.0620. The second-order valence-electron chi connectivity index (χ2n) is 2.65. The molecule has 1 unspecified atom stereocenters. The van der Waals surface area contributed by atoms with Crippen molar-refractivity contribution < 1.29 is 4.74 Å². The first kappa shape index (κ1) is 9.80. The average molecular weight is 277 g/mol. The quantitative estimate of drug-likeness (QED) is 0.842. The van der Waals surface area contributed by atoms with Crippen molar-refractivity contribution in [2.24, 2.45) is 5.73 Å². The maximum Gasteiger partial charge on any atom is 0.132 e. The smallest absolute Gasteiger partial charge is 0.132 e. The summed E-state index contributed by atoms with van der Waals surface area (Å²) in [6.07, 6.45) is 0. The van der Waals surface area contributed by atoms with Gasteiger partial charge in [0.25, 0.3) is 0 Å². The molecule has 0 amide bonds. The lowest BCUT2D eigenvalue weighted by Gasteiger charge is -2.11. The summed E-state index contributed by atoms with van der Waals surface area (Å²) in [4.78, 5) is 0. The standard InChI is InChI=1S/C9H12INO/c1-6(11)7-4-3-5-8(12-2)9(7)10/h3-6H,11H2,1-2H3. The Bertz CT molecular complexity index is 273. The first-order valence-electron chi connectivity index (χ1n) is 3.74. The van der Waals surface area contributed by atoms with Gasteiger partial charge in [-0.2, -0.15) is 0 Å². The lowest BCUT2D eigenvalue weighted by Crippen LogP contribution is -2.07. The van der Waals surface area contributed by atoms with Gasteiger partial charge in [-0.15, -0.1) is 0 Å². The van der Waals surface area contributed by atoms with E-state index in [2.05, 4.69) is 22.6 Å². The van der Waals surface area contributed by atoms with E-state index in [0.717, 1.165) is 14.9 Å². The number of halogens is 1. The molecule has 2 nitrogen and oxygen atoms in total. The van der Waals surface area contributed by atoms with Crippen LogP contribution in [0.5, 0.6) is 5.75 Å². The summed E-state index contributed by atoms with van der Waals surface area (Å²) in [7, 11) is 1.67. The maximum atomic E-state index is 5.78. The van der Waals surface area contributed by atoms with Gasteiger partial charge < -0.3 is 10.5 Å². The van der Waals surface area contributed by atoms with E-state index >= 15 is 0 Å². The highest BCUT2D eigenvalue weighted by molar-refractivity contribution is 14.1. The summed E-state index contributed by atoms with van der Waals surface area (Å²) in [5.74, 6) is 0.894. The van der Waals surface area contributed by atoms with Crippen molar-refractivity contribution in [1.82, 2.24) is 0 Å². The lowest BCUT2D eigenvalue weighted by molar-refractivity contribution is 0.410. The molecule has 12 heavy (non-hydrogen) atoms. The summed E-state index contributed by atoms with van der Waals surface area (Å²) >= 11 is 2.25. The zero-order valence-electron chi connectivity index (χ0n) is 7.17. The van der Waals surface area contributed by atoms with Crippen LogP contribution in [0.3, 0.4) is 0 Å². The number of methoxy groups -OCH3 is 1. The average Bonchev–Trinajstić information content (AvgIpc) is 2.04. The molecule has 0 aliphatic rings. The monoisotopic (exact) mass is 277 g/mol. The highest BCUT2D eigenvalue weighted by atomic mass is 127. The van der Waals surface area contributed by atoms with E-state index in [1.54, 1.807) is 7.11 Å². The van der Waals surface area contributed by atoms with E-state index in [4.69, 9.17) is 10.5 Å². The first-order chi connectivity index (χ1) is 5.66. The van der Waals surface area contributed by atoms with Gasteiger partial charge in [0.1, 0.15) is 5.75 Å². The minimum absolute atomic E-state index is 0.0620. The number of nitrogens with two attached hydrogens (primary N) is 1. The van der Waals surface area contributed by atoms with Gasteiger partial charge in [-0.1, -0.05) is 12.1 Å². The molecule has 0 heterocycles. The van der Waals surface area contributed by atoms with Gasteiger partial charge in [0, 0.05) is 6.04 Å². The van der Waals surface area contributed by atoms with Crippen molar-refractivity contribution in [3.8, 4) is 5.75 Å². The number of rotatable bonds is 2. The molecule has 0 saturated carbocycles. The molecule has 1 atom stereocenters. The van der Waals surface area contributed by atoms with Crippen molar-refractivity contribution in [2.75, 3.05) is 7.11 Å². The first-order valence-corrected chi connectivity index (χ1v) is 4.82. The van der Waals surface area contributed by atoms with Gasteiger partial charge in [-0.05, 0) is 41.1 Å². The Kier molecular flexibility index (Phi) is 3.34. The molecule has 0 aliphatic carbocycles. The third-order valence-corrected chi connectivity index (χ3v) is 2.86. The lowest BCUT2D eigenvalue weighted by atomic mass is 10.1. The fourth-order valence-electron chi connectivity index (χ4n) is 1.04. The second-order valence-corrected chi connectivity index (χ2v) is 3.73. The Morgan fingerprint density at radius 1 is 1.50 bits per heavy atom. The molecule has 0 radical (unpaired) electrons. The summed E-state index contributed by atoms with van der Waals surface area (Å²) in [6.45, 7) is 1.97. The Morgan fingerprint density at radius 2 is 2.17 bits per heavy atom.